The van der Waals surface area contributed by atoms with E-state index in [2.05, 4.69) is 44.4 Å². The molecule has 4 aromatic rings. The molecule has 2 aliphatic carbocycles. The number of nitrogens with one attached hydrogen (secondary N) is 1. The van der Waals surface area contributed by atoms with Gasteiger partial charge < -0.3 is 51.9 Å². The van der Waals surface area contributed by atoms with Crippen LogP contribution in [0.2, 0.25) is 0 Å². The minimum Gasteiger partial charge on any atom is -0.497 e. The number of hydrogen-bond acceptors (Lipinski definition) is 22. The number of methoxy groups -OCH3 is 2. The number of hydrogen-bond donors (Lipinski definition) is 8. The number of halogens is 2. The molecule has 85 heavy (non-hydrogen) atoms. The molecule has 1 saturated heterocycles. The molecule has 26 nitrogen and oxygen atoms in total. The van der Waals surface area contributed by atoms with Gasteiger partial charge in [0.25, 0.3) is 0 Å². The number of rotatable bonds is 17. The number of benzene rings is 6. The number of phosphoric acid groups is 5. The van der Waals surface area contributed by atoms with Gasteiger partial charge in [0, 0.05) is 90.3 Å². The summed E-state index contributed by atoms with van der Waals surface area (Å²) in [5, 5.41) is 16.7. The smallest absolute Gasteiger partial charge is 0.497 e. The van der Waals surface area contributed by atoms with Crippen molar-refractivity contribution in [2.24, 2.45) is 0 Å². The van der Waals surface area contributed by atoms with Crippen LogP contribution in [0, 0.1) is 19.0 Å². The van der Waals surface area contributed by atoms with Gasteiger partial charge >= 0.3 is 49.0 Å². The maximum absolute atomic E-state index is 12.7. The number of aliphatic hydroxyl groups is 1. The average Bonchev–Trinajstić information content (AvgIpc) is 1.18. The maximum Gasteiger partial charge on any atom is 0.536 e. The molecular weight excluding hydrogens is 1290 g/mol. The number of aryl methyl sites for hydroxylation is 2. The lowest BCUT2D eigenvalue weighted by atomic mass is 9.91. The van der Waals surface area contributed by atoms with Crippen LogP contribution >= 0.6 is 47.7 Å². The first-order valence-corrected chi connectivity index (χ1v) is 33.2. The van der Waals surface area contributed by atoms with E-state index in [1.165, 1.54) is 55.6 Å². The molecule has 0 aromatic heterocycles. The van der Waals surface area contributed by atoms with E-state index in [1.807, 2.05) is 32.0 Å². The second-order valence-corrected chi connectivity index (χ2v) is 24.9. The summed E-state index contributed by atoms with van der Waals surface area (Å²) in [5.74, 6) is 1.35. The quantitative estimate of drug-likeness (QED) is 0.0310. The van der Waals surface area contributed by atoms with Gasteiger partial charge in [0.15, 0.2) is 10.9 Å². The minimum absolute atomic E-state index is 0.0374. The zero-order chi connectivity index (χ0) is 65.0. The lowest BCUT2D eigenvalue weighted by Gasteiger charge is -2.21. The predicted molar refractivity (Wildman–Crippen MR) is 312 cm³/mol. The van der Waals surface area contributed by atoms with Crippen LogP contribution in [-0.4, -0.2) is 82.0 Å². The third-order valence-corrected chi connectivity index (χ3v) is 17.9. The van der Waals surface area contributed by atoms with Gasteiger partial charge in [-0.3, -0.25) is 33.2 Å². The van der Waals surface area contributed by atoms with Crippen LogP contribution in [0.25, 0.3) is 66.8 Å². The van der Waals surface area contributed by atoms with Crippen molar-refractivity contribution in [1.29, 1.82) is 6.44 Å². The summed E-state index contributed by atoms with van der Waals surface area (Å²) >= 11 is 7.33. The zero-order valence-corrected chi connectivity index (χ0v) is 51.5. The minimum atomic E-state index is -6.06. The van der Waals surface area contributed by atoms with E-state index in [4.69, 9.17) is 45.2 Å². The monoisotopic (exact) mass is 1350 g/mol. The molecule has 8 N–H and O–H groups in total. The third kappa shape index (κ3) is 19.3. The first kappa shape index (κ1) is 67.0. The van der Waals surface area contributed by atoms with Crippen LogP contribution in [-0.2, 0) is 67.4 Å². The zero-order valence-electron chi connectivity index (χ0n) is 46.5. The van der Waals surface area contributed by atoms with Crippen molar-refractivity contribution < 1.29 is 117 Å². The molecule has 1 fully saturated rings. The highest BCUT2D eigenvalue weighted by Crippen LogP contribution is 2.71. The summed E-state index contributed by atoms with van der Waals surface area (Å²) in [5.41, 5.74) is 6.00. The van der Waals surface area contributed by atoms with E-state index in [0.717, 1.165) is 45.2 Å². The van der Waals surface area contributed by atoms with Gasteiger partial charge in [-0.05, 0) is 116 Å². The van der Waals surface area contributed by atoms with Gasteiger partial charge in [0.05, 0.1) is 41.6 Å². The Kier molecular flexibility index (Phi) is 23.6. The summed E-state index contributed by atoms with van der Waals surface area (Å²) in [4.78, 5) is 81.9. The fourth-order valence-electron chi connectivity index (χ4n) is 8.47. The van der Waals surface area contributed by atoms with Gasteiger partial charge in [-0.15, -0.1) is 0 Å². The van der Waals surface area contributed by atoms with Crippen molar-refractivity contribution in [3.05, 3.63) is 141 Å². The van der Waals surface area contributed by atoms with Crippen molar-refractivity contribution in [2.45, 2.75) is 45.5 Å². The molecule has 9 rings (SSSR count). The molecule has 0 spiro atoms. The van der Waals surface area contributed by atoms with E-state index in [0.29, 0.717) is 39.0 Å². The van der Waals surface area contributed by atoms with Gasteiger partial charge in [-0.2, -0.15) is 12.9 Å². The highest BCUT2D eigenvalue weighted by atomic mass is 32.8. The van der Waals surface area contributed by atoms with Gasteiger partial charge in [0.1, 0.15) is 51.8 Å². The molecule has 6 unspecified atom stereocenters. The van der Waals surface area contributed by atoms with Crippen molar-refractivity contribution >= 4 is 92.1 Å². The normalized spacial score (nSPS) is 18.0. The third-order valence-electron chi connectivity index (χ3n) is 11.6. The molecule has 458 valence electrons. The van der Waals surface area contributed by atoms with Crippen LogP contribution in [0.1, 0.15) is 25.8 Å². The second-order valence-electron chi connectivity index (χ2n) is 17.4. The Balaban J connectivity index is 0.000000306. The molecule has 4 aromatic carbocycles. The summed E-state index contributed by atoms with van der Waals surface area (Å²) in [6.45, 7) is 4.62. The van der Waals surface area contributed by atoms with E-state index in [1.54, 1.807) is 50.4 Å². The Hall–Kier alpha value is -5.47. The van der Waals surface area contributed by atoms with E-state index < -0.39 is 85.6 Å². The molecule has 0 saturated carbocycles. The summed E-state index contributed by atoms with van der Waals surface area (Å²) in [6, 6.07) is 28.0. The Morgan fingerprint density at radius 2 is 1.04 bits per heavy atom. The van der Waals surface area contributed by atoms with Gasteiger partial charge in [0.2, 0.25) is 0 Å². The molecule has 0 radical (unpaired) electrons. The standard InChI is InChI=1S/C27H30O18P4.C21H17O7P.CH3F.FHNP.S2/c1-15-10-18(38-3)5-8-20(15)27-21-7-4-17(28)12-24(21)41-25-13-19(6-9-22(25)27)42-47(32,33)44-49(36,37)45-48(34,35)43-46(30,31)39-14-26-23(29)11-16(2)40-26;1-12-9-14(26-2)4-7-16(12)21-17-6-3-13(22)10-19(17)27-20-11-15(5-8-18(20)21)28-29(23,24)25;1-2;1-3-2;1-2/h4-10,12-13,16,23,26,29H,11,14H2,1-3H3,(H,30,31)(H,32,33)(H,34,35)(H,36,37);3-11H,1-2H3,(H2,23,24,25);1H3;2H;/p+1/t16-,23?,26+;;;;/m0..../s1/i;;1D;;/hT. The number of ether oxygens (including phenoxy) is 3. The fourth-order valence-corrected chi connectivity index (χ4v) is 13.8. The van der Waals surface area contributed by atoms with E-state index in [-0.39, 0.29) is 34.4 Å². The SMILES string of the molecule is COc1ccc(-c2c3ccc(=O)cc-3oc3cc(OP(=O)(O)O)ccc23)c(C)c1.COc1ccc(-c2c3ccc(=O)cc-3oc3cc(OP(=O)(O)OP(=O)(O)OP(=O)(O)OP(=O)(O)OC[C@H]4O[C@@H](C)CC4O)ccc23)c(C)c1.S=S.[2H]CF.[3H][P+](=N)F. The van der Waals surface area contributed by atoms with E-state index in [9.17, 15) is 65.7 Å². The average molecular weight is 1350 g/mol. The molecular formula is C49H52F2NO25P6S2+. The van der Waals surface area contributed by atoms with Crippen molar-refractivity contribution in [3.8, 4) is 67.9 Å². The topological polar surface area (TPSA) is 394 Å². The molecule has 3 heterocycles. The Labute approximate surface area is 495 Å². The summed E-state index contributed by atoms with van der Waals surface area (Å²) in [7, 11) is -28.5. The maximum atomic E-state index is 12.7. The Morgan fingerprint density at radius 3 is 1.42 bits per heavy atom. The number of phosphoric ester groups is 3. The molecule has 8 atom stereocenters. The van der Waals surface area contributed by atoms with Crippen molar-refractivity contribution in [1.82, 2.24) is 0 Å². The summed E-state index contributed by atoms with van der Waals surface area (Å²) < 4.78 is 146. The van der Waals surface area contributed by atoms with Crippen LogP contribution < -0.4 is 29.4 Å². The predicted octanol–water partition coefficient (Wildman–Crippen LogP) is 11.5. The highest BCUT2D eigenvalue weighted by Gasteiger charge is 2.47. The van der Waals surface area contributed by atoms with Crippen LogP contribution in [0.3, 0.4) is 0 Å². The molecule has 3 aliphatic heterocycles. The molecule has 0 amide bonds. The highest BCUT2D eigenvalue weighted by molar-refractivity contribution is 8.07. The fraction of sp³-hybridized carbons (Fsp3) is 0.224. The van der Waals surface area contributed by atoms with Crippen LogP contribution in [0.4, 0.5) is 8.59 Å². The first-order chi connectivity index (χ1) is 40.6. The Bertz CT molecular complexity index is 4090. The first-order valence-electron chi connectivity index (χ1n) is 24.7. The van der Waals surface area contributed by atoms with Crippen molar-refractivity contribution in [3.63, 3.8) is 0 Å². The number of aliphatic hydroxyl groups excluding tert-OH is 1. The molecule has 5 aliphatic rings. The van der Waals surface area contributed by atoms with Gasteiger partial charge in [-0.1, -0.05) is 17.3 Å². The van der Waals surface area contributed by atoms with Crippen molar-refractivity contribution in [2.75, 3.05) is 28.0 Å². The second kappa shape index (κ2) is 30.0. The largest absolute Gasteiger partial charge is 0.536 e. The lowest BCUT2D eigenvalue weighted by molar-refractivity contribution is -0.0167. The molecule has 36 heteroatoms. The number of alkyl halides is 1. The van der Waals surface area contributed by atoms with Gasteiger partial charge in [-0.25, -0.2) is 22.8 Å². The molecule has 0 bridgehead atoms. The Morgan fingerprint density at radius 1 is 0.647 bits per heavy atom. The summed E-state index contributed by atoms with van der Waals surface area (Å²) in [6.07, 6.45) is -2.41. The lowest BCUT2D eigenvalue weighted by Crippen LogP contribution is -2.26. The van der Waals surface area contributed by atoms with Crippen LogP contribution in [0.15, 0.2) is 128 Å². The van der Waals surface area contributed by atoms with E-state index >= 15 is 0 Å². The number of fused-ring (bicyclic) bond motifs is 4. The van der Waals surface area contributed by atoms with Crippen LogP contribution in [0.5, 0.6) is 23.0 Å².